The highest BCUT2D eigenvalue weighted by Gasteiger charge is 2.31. The first-order valence-corrected chi connectivity index (χ1v) is 9.05. The minimum atomic E-state index is -0.508. The molecule has 2 atom stereocenters. The zero-order valence-corrected chi connectivity index (χ0v) is 15.9. The summed E-state index contributed by atoms with van der Waals surface area (Å²) >= 11 is 0. The number of hydrogen-bond acceptors (Lipinski definition) is 5. The van der Waals surface area contributed by atoms with Crippen LogP contribution in [-0.2, 0) is 4.79 Å². The lowest BCUT2D eigenvalue weighted by atomic mass is 9.92. The Morgan fingerprint density at radius 2 is 1.74 bits per heavy atom. The number of nitrogens with zero attached hydrogens (tertiary/aromatic N) is 2. The van der Waals surface area contributed by atoms with Crippen molar-refractivity contribution in [3.63, 3.8) is 0 Å². The van der Waals surface area contributed by atoms with Crippen LogP contribution < -0.4 is 10.6 Å². The highest BCUT2D eigenvalue weighted by molar-refractivity contribution is 5.94. The van der Waals surface area contributed by atoms with E-state index in [0.717, 1.165) is 39.0 Å². The van der Waals surface area contributed by atoms with Crippen LogP contribution in [0.1, 0.15) is 29.6 Å². The van der Waals surface area contributed by atoms with Gasteiger partial charge in [0.1, 0.15) is 0 Å². The van der Waals surface area contributed by atoms with Crippen molar-refractivity contribution >= 4 is 29.9 Å². The SMILES string of the molecule is Cl.O=C(NCCC(=O)N1CC[C@@H]2CNC[C@@H]2CC1)c1ccc([N+](=O)[O-])cc1. The van der Waals surface area contributed by atoms with Gasteiger partial charge in [-0.25, -0.2) is 0 Å². The van der Waals surface area contributed by atoms with Crippen LogP contribution in [-0.4, -0.2) is 54.4 Å². The molecule has 0 saturated carbocycles. The van der Waals surface area contributed by atoms with Gasteiger partial charge in [0, 0.05) is 43.8 Å². The molecule has 8 nitrogen and oxygen atoms in total. The average molecular weight is 397 g/mol. The van der Waals surface area contributed by atoms with E-state index >= 15 is 0 Å². The fourth-order valence-corrected chi connectivity index (χ4v) is 3.75. The molecule has 2 fully saturated rings. The number of non-ortho nitro benzene ring substituents is 1. The number of fused-ring (bicyclic) bond motifs is 1. The Balaban J connectivity index is 0.00000261. The van der Waals surface area contributed by atoms with Crippen molar-refractivity contribution in [3.8, 4) is 0 Å². The molecule has 2 aliphatic rings. The summed E-state index contributed by atoms with van der Waals surface area (Å²) in [6.07, 6.45) is 2.35. The second-order valence-corrected chi connectivity index (χ2v) is 6.95. The molecule has 0 unspecified atom stereocenters. The van der Waals surface area contributed by atoms with Crippen LogP contribution in [0, 0.1) is 22.0 Å². The van der Waals surface area contributed by atoms with E-state index in [1.54, 1.807) is 0 Å². The summed E-state index contributed by atoms with van der Waals surface area (Å²) in [5.41, 5.74) is 0.288. The molecule has 0 bridgehead atoms. The molecule has 1 aromatic rings. The lowest BCUT2D eigenvalue weighted by Crippen LogP contribution is -2.35. The number of nitro benzene ring substituents is 1. The summed E-state index contributed by atoms with van der Waals surface area (Å²) in [4.78, 5) is 36.5. The molecular formula is C18H25ClN4O4. The number of carbonyl (C=O) groups is 2. The van der Waals surface area contributed by atoms with Gasteiger partial charge >= 0.3 is 0 Å². The zero-order chi connectivity index (χ0) is 18.5. The fourth-order valence-electron chi connectivity index (χ4n) is 3.75. The molecule has 2 amide bonds. The molecule has 0 radical (unpaired) electrons. The third-order valence-electron chi connectivity index (χ3n) is 5.34. The summed E-state index contributed by atoms with van der Waals surface area (Å²) < 4.78 is 0. The van der Waals surface area contributed by atoms with Gasteiger partial charge in [-0.2, -0.15) is 0 Å². The maximum absolute atomic E-state index is 12.4. The molecule has 0 aliphatic carbocycles. The van der Waals surface area contributed by atoms with E-state index < -0.39 is 4.92 Å². The molecule has 27 heavy (non-hydrogen) atoms. The largest absolute Gasteiger partial charge is 0.352 e. The van der Waals surface area contributed by atoms with Crippen LogP contribution in [0.3, 0.4) is 0 Å². The Morgan fingerprint density at radius 1 is 1.15 bits per heavy atom. The smallest absolute Gasteiger partial charge is 0.269 e. The van der Waals surface area contributed by atoms with Crippen LogP contribution in [0.4, 0.5) is 5.69 Å². The van der Waals surface area contributed by atoms with Crippen molar-refractivity contribution in [2.75, 3.05) is 32.7 Å². The van der Waals surface area contributed by atoms with E-state index in [0.29, 0.717) is 17.4 Å². The Morgan fingerprint density at radius 3 is 2.30 bits per heavy atom. The maximum atomic E-state index is 12.4. The van der Waals surface area contributed by atoms with Crippen molar-refractivity contribution in [1.82, 2.24) is 15.5 Å². The highest BCUT2D eigenvalue weighted by atomic mass is 35.5. The van der Waals surface area contributed by atoms with Crippen LogP contribution in [0.2, 0.25) is 0 Å². The van der Waals surface area contributed by atoms with Gasteiger partial charge in [0.15, 0.2) is 0 Å². The molecular weight excluding hydrogens is 372 g/mol. The number of likely N-dealkylation sites (tertiary alicyclic amines) is 1. The second kappa shape index (κ2) is 9.66. The van der Waals surface area contributed by atoms with E-state index in [2.05, 4.69) is 10.6 Å². The van der Waals surface area contributed by atoms with Crippen LogP contribution >= 0.6 is 12.4 Å². The number of nitro groups is 1. The molecule has 2 heterocycles. The average Bonchev–Trinajstić information content (AvgIpc) is 2.99. The van der Waals surface area contributed by atoms with Crippen LogP contribution in [0.25, 0.3) is 0 Å². The van der Waals surface area contributed by atoms with Gasteiger partial charge in [-0.15, -0.1) is 12.4 Å². The van der Waals surface area contributed by atoms with E-state index in [9.17, 15) is 19.7 Å². The number of rotatable bonds is 5. The van der Waals surface area contributed by atoms with Crippen molar-refractivity contribution in [2.45, 2.75) is 19.3 Å². The van der Waals surface area contributed by atoms with E-state index in [4.69, 9.17) is 0 Å². The lowest BCUT2D eigenvalue weighted by Gasteiger charge is -2.21. The lowest BCUT2D eigenvalue weighted by molar-refractivity contribution is -0.384. The molecule has 9 heteroatoms. The topological polar surface area (TPSA) is 105 Å². The van der Waals surface area contributed by atoms with Gasteiger partial charge < -0.3 is 15.5 Å². The second-order valence-electron chi connectivity index (χ2n) is 6.95. The van der Waals surface area contributed by atoms with Gasteiger partial charge in [-0.1, -0.05) is 0 Å². The Labute approximate surface area is 164 Å². The van der Waals surface area contributed by atoms with Crippen LogP contribution in [0.5, 0.6) is 0 Å². The standard InChI is InChI=1S/C18H24N4O4.ClH/c23-17(21-9-6-14-11-19-12-15(14)7-10-21)5-8-20-18(24)13-1-3-16(4-2-13)22(25)26;/h1-4,14-15,19H,5-12H2,(H,20,24);1H/t14-,15+;. The van der Waals surface area contributed by atoms with Crippen molar-refractivity contribution < 1.29 is 14.5 Å². The maximum Gasteiger partial charge on any atom is 0.269 e. The van der Waals surface area contributed by atoms with Gasteiger partial charge in [0.25, 0.3) is 11.6 Å². The van der Waals surface area contributed by atoms with E-state index in [1.807, 2.05) is 4.90 Å². The highest BCUT2D eigenvalue weighted by Crippen LogP contribution is 2.27. The third kappa shape index (κ3) is 5.40. The monoisotopic (exact) mass is 396 g/mol. The van der Waals surface area contributed by atoms with Gasteiger partial charge in [-0.3, -0.25) is 19.7 Å². The first-order chi connectivity index (χ1) is 12.5. The first kappa shape index (κ1) is 21.1. The fraction of sp³-hybridized carbons (Fsp3) is 0.556. The minimum Gasteiger partial charge on any atom is -0.352 e. The minimum absolute atomic E-state index is 0. The number of carbonyl (C=O) groups excluding carboxylic acids is 2. The van der Waals surface area contributed by atoms with Gasteiger partial charge in [-0.05, 0) is 49.9 Å². The third-order valence-corrected chi connectivity index (χ3v) is 5.34. The molecule has 0 aromatic heterocycles. The number of benzene rings is 1. The number of halogens is 1. The van der Waals surface area contributed by atoms with E-state index in [1.165, 1.54) is 24.3 Å². The molecule has 0 spiro atoms. The zero-order valence-electron chi connectivity index (χ0n) is 15.1. The molecule has 3 rings (SSSR count). The Hall–Kier alpha value is -2.19. The predicted octanol–water partition coefficient (Wildman–Crippen LogP) is 1.59. The summed E-state index contributed by atoms with van der Waals surface area (Å²) in [6, 6.07) is 5.42. The van der Waals surface area contributed by atoms with Crippen LogP contribution in [0.15, 0.2) is 24.3 Å². The van der Waals surface area contributed by atoms with Crippen molar-refractivity contribution in [2.24, 2.45) is 11.8 Å². The summed E-state index contributed by atoms with van der Waals surface area (Å²) in [6.45, 7) is 3.95. The number of nitrogens with one attached hydrogen (secondary N) is 2. The molecule has 2 aliphatic heterocycles. The Bertz CT molecular complexity index is 668. The quantitative estimate of drug-likeness (QED) is 0.581. The number of amides is 2. The molecule has 148 valence electrons. The number of hydrogen-bond donors (Lipinski definition) is 2. The first-order valence-electron chi connectivity index (χ1n) is 9.05. The van der Waals surface area contributed by atoms with Crippen molar-refractivity contribution in [1.29, 1.82) is 0 Å². The summed E-state index contributed by atoms with van der Waals surface area (Å²) in [7, 11) is 0. The molecule has 2 N–H and O–H groups in total. The molecule has 1 aromatic carbocycles. The van der Waals surface area contributed by atoms with Gasteiger partial charge in [0.2, 0.25) is 5.91 Å². The summed E-state index contributed by atoms with van der Waals surface area (Å²) in [5.74, 6) is 1.09. The normalized spacial score (nSPS) is 21.6. The predicted molar refractivity (Wildman–Crippen MR) is 103 cm³/mol. The van der Waals surface area contributed by atoms with Crippen molar-refractivity contribution in [3.05, 3.63) is 39.9 Å². The van der Waals surface area contributed by atoms with E-state index in [-0.39, 0.29) is 42.9 Å². The van der Waals surface area contributed by atoms with Gasteiger partial charge in [0.05, 0.1) is 4.92 Å². The molecule has 2 saturated heterocycles. The Kier molecular flexibility index (Phi) is 7.55. The summed E-state index contributed by atoms with van der Waals surface area (Å²) in [5, 5.41) is 16.8.